The van der Waals surface area contributed by atoms with E-state index in [2.05, 4.69) is 0 Å². The molecule has 0 aliphatic rings. The van der Waals surface area contributed by atoms with Crippen molar-refractivity contribution in [3.8, 4) is 0 Å². The Kier molecular flexibility index (Phi) is 31.4. The van der Waals surface area contributed by atoms with Crippen molar-refractivity contribution in [2.75, 3.05) is 0 Å². The minimum atomic E-state index is -5.61. The topological polar surface area (TPSA) is 109 Å². The summed E-state index contributed by atoms with van der Waals surface area (Å²) in [6.07, 6.45) is 0. The molecule has 0 atom stereocenters. The van der Waals surface area contributed by atoms with E-state index in [-0.39, 0.29) is 37.7 Å². The molecular formula is Li2O5SiZr. The molecule has 0 aromatic carbocycles. The Bertz CT molecular complexity index is 38.7. The molecule has 0 aromatic heterocycles. The molecule has 0 aliphatic heterocycles. The van der Waals surface area contributed by atoms with Crippen LogP contribution in [-0.4, -0.2) is 9.05 Å². The molecule has 0 radical (unpaired) electrons. The summed E-state index contributed by atoms with van der Waals surface area (Å²) in [5.74, 6) is 0. The van der Waals surface area contributed by atoms with Gasteiger partial charge in [-0.1, -0.05) is 0 Å². The second-order valence-electron chi connectivity index (χ2n) is 0.500. The molecule has 0 spiro atoms. The molecule has 9 heteroatoms. The van der Waals surface area contributed by atoms with Crippen LogP contribution in [0.5, 0.6) is 0 Å². The Morgan fingerprint density at radius 2 is 0.889 bits per heavy atom. The first kappa shape index (κ1) is 22.4. The van der Waals surface area contributed by atoms with Crippen molar-refractivity contribution >= 4 is 9.05 Å². The molecule has 0 N–H and O–H groups in total. The molecule has 0 saturated heterocycles. The van der Waals surface area contributed by atoms with Crippen LogP contribution in [0.2, 0.25) is 0 Å². The molecule has 0 bridgehead atoms. The van der Waals surface area contributed by atoms with Crippen LogP contribution >= 0.6 is 0 Å². The zero-order valence-corrected chi connectivity index (χ0v) is 8.50. The molecule has 0 heterocycles. The summed E-state index contributed by atoms with van der Waals surface area (Å²) in [7, 11) is -5.61. The monoisotopic (exact) mass is 212 g/mol. The molecule has 5 nitrogen and oxygen atoms in total. The summed E-state index contributed by atoms with van der Waals surface area (Å²) in [6, 6.07) is 0. The van der Waals surface area contributed by atoms with Gasteiger partial charge in [-0.3, -0.25) is 0 Å². The summed E-state index contributed by atoms with van der Waals surface area (Å²) in [5, 5.41) is 0. The van der Waals surface area contributed by atoms with E-state index in [1.807, 2.05) is 0 Å². The van der Waals surface area contributed by atoms with Gasteiger partial charge in [0.1, 0.15) is 0 Å². The van der Waals surface area contributed by atoms with Crippen LogP contribution in [-0.2, 0) is 27.5 Å². The molecule has 9 heavy (non-hydrogen) atoms. The van der Waals surface area contributed by atoms with E-state index in [9.17, 15) is 0 Å². The van der Waals surface area contributed by atoms with Gasteiger partial charge in [0.05, 0.1) is 0 Å². The first-order valence-corrected chi connectivity index (χ1v) is 3.66. The van der Waals surface area contributed by atoms with Crippen LogP contribution in [0.3, 0.4) is 0 Å². The van der Waals surface area contributed by atoms with Gasteiger partial charge in [0.2, 0.25) is 0 Å². The van der Waals surface area contributed by atoms with Crippen molar-refractivity contribution in [3.05, 3.63) is 0 Å². The average molecular weight is 213 g/mol. The third-order valence-corrected chi connectivity index (χ3v) is 0. The Morgan fingerprint density at radius 1 is 0.889 bits per heavy atom. The predicted molar refractivity (Wildman–Crippen MR) is 6.44 cm³/mol. The summed E-state index contributed by atoms with van der Waals surface area (Å²) in [5.41, 5.74) is 0. The molecule has 0 amide bonds. The van der Waals surface area contributed by atoms with Gasteiger partial charge in [-0.2, -0.15) is 0 Å². The van der Waals surface area contributed by atoms with Gasteiger partial charge in [0.25, 0.3) is 0 Å². The maximum absolute atomic E-state index is 8.58. The zero-order valence-electron chi connectivity index (χ0n) is 5.04. The quantitative estimate of drug-likeness (QED) is 0.371. The normalized spacial score (nSPS) is 7.33. The van der Waals surface area contributed by atoms with Gasteiger partial charge < -0.3 is 28.2 Å². The summed E-state index contributed by atoms with van der Waals surface area (Å²) in [4.78, 5) is 34.3. The molecule has 0 aliphatic carbocycles. The van der Waals surface area contributed by atoms with E-state index >= 15 is 0 Å². The summed E-state index contributed by atoms with van der Waals surface area (Å²) in [6.45, 7) is 0. The van der Waals surface area contributed by atoms with E-state index in [0.29, 0.717) is 24.7 Å². The number of hydrogen-bond donors (Lipinski definition) is 0. The van der Waals surface area contributed by atoms with Gasteiger partial charge in [-0.15, -0.1) is 0 Å². The predicted octanol–water partition coefficient (Wildman–Crippen LogP) is -11.3. The molecule has 0 fully saturated rings. The van der Waals surface area contributed by atoms with E-state index in [0.717, 1.165) is 0 Å². The average Bonchev–Trinajstić information content (AvgIpc) is 1.36. The molecule has 0 unspecified atom stereocenters. The van der Waals surface area contributed by atoms with Crippen LogP contribution in [0, 0.1) is 0 Å². The van der Waals surface area contributed by atoms with Gasteiger partial charge in [0.15, 0.2) is 0 Å². The first-order chi connectivity index (χ1) is 3.00. The zero-order chi connectivity index (χ0) is 6.50. The molecule has 40 valence electrons. The van der Waals surface area contributed by atoms with Crippen LogP contribution in [0.1, 0.15) is 0 Å². The third kappa shape index (κ3) is 167. The van der Waals surface area contributed by atoms with Crippen molar-refractivity contribution in [3.63, 3.8) is 0 Å². The van der Waals surface area contributed by atoms with Crippen LogP contribution in [0.4, 0.5) is 0 Å². The molecule has 0 saturated carbocycles. The van der Waals surface area contributed by atoms with E-state index in [4.69, 9.17) is 22.0 Å². The molecular weight excluding hydrogens is 213 g/mol. The van der Waals surface area contributed by atoms with Crippen molar-refractivity contribution in [1.82, 2.24) is 0 Å². The maximum atomic E-state index is 8.58. The van der Waals surface area contributed by atoms with E-state index in [1.165, 1.54) is 0 Å². The van der Waals surface area contributed by atoms with Crippen molar-refractivity contribution in [1.29, 1.82) is 0 Å². The summed E-state index contributed by atoms with van der Waals surface area (Å²) < 4.78 is 8.34. The second kappa shape index (κ2) is 12.6. The fourth-order valence-corrected chi connectivity index (χ4v) is 0. The Balaban J connectivity index is -0.0000000286. The second-order valence-corrected chi connectivity index (χ2v) is 1.50. The summed E-state index contributed by atoms with van der Waals surface area (Å²) >= 11 is 0.300. The van der Waals surface area contributed by atoms with E-state index in [1.54, 1.807) is 0 Å². The van der Waals surface area contributed by atoms with Crippen LogP contribution < -0.4 is 56.9 Å². The SMILES string of the molecule is [Li+].[Li+].[O-][Si]([O-])([O-])[O-].[O]=[Zr+2]. The Labute approximate surface area is 92.6 Å². The Hall–Kier alpha value is 1.93. The third-order valence-electron chi connectivity index (χ3n) is 0. The van der Waals surface area contributed by atoms with E-state index < -0.39 is 9.05 Å². The minimum absolute atomic E-state index is 0. The molecule has 0 aromatic rings. The van der Waals surface area contributed by atoms with Gasteiger partial charge >= 0.3 is 65.3 Å². The fourth-order valence-electron chi connectivity index (χ4n) is 0. The number of hydrogen-bond acceptors (Lipinski definition) is 5. The standard InChI is InChI=1S/2Li.O4Si.O.Zr/c;;1-5(2,3)4;;/q2*+1;-4;;+2. The fraction of sp³-hybridized carbons (Fsp3) is 0. The van der Waals surface area contributed by atoms with Gasteiger partial charge in [-0.05, 0) is 0 Å². The van der Waals surface area contributed by atoms with Gasteiger partial charge in [-0.25, -0.2) is 0 Å². The first-order valence-electron chi connectivity index (χ1n) is 1.02. The number of rotatable bonds is 0. The Morgan fingerprint density at radius 3 is 0.889 bits per heavy atom. The van der Waals surface area contributed by atoms with Crippen molar-refractivity contribution in [2.24, 2.45) is 0 Å². The van der Waals surface area contributed by atoms with Crippen molar-refractivity contribution < 1.29 is 84.4 Å². The van der Waals surface area contributed by atoms with Crippen LogP contribution in [0.15, 0.2) is 0 Å². The molecule has 0 rings (SSSR count). The van der Waals surface area contributed by atoms with Crippen molar-refractivity contribution in [2.45, 2.75) is 0 Å². The van der Waals surface area contributed by atoms with Gasteiger partial charge in [0, 0.05) is 0 Å². The van der Waals surface area contributed by atoms with Crippen LogP contribution in [0.25, 0.3) is 0 Å².